The number of rotatable bonds is 6. The Morgan fingerprint density at radius 1 is 0.308 bits per heavy atom. The summed E-state index contributed by atoms with van der Waals surface area (Å²) in [5.74, 6) is 0. The van der Waals surface area contributed by atoms with Gasteiger partial charge in [-0.1, -0.05) is 198 Å². The molecular formula is C60H43BrN2O2. The number of nitrogens with one attached hydrogen (secondary N) is 1. The van der Waals surface area contributed by atoms with Crippen molar-refractivity contribution < 1.29 is 8.83 Å². The van der Waals surface area contributed by atoms with Gasteiger partial charge in [-0.2, -0.15) is 0 Å². The minimum absolute atomic E-state index is 0.771. The number of benzene rings is 10. The van der Waals surface area contributed by atoms with E-state index in [0.717, 1.165) is 65.4 Å². The molecule has 0 amide bonds. The summed E-state index contributed by atoms with van der Waals surface area (Å²) in [6.07, 6.45) is 0. The Hall–Kier alpha value is -8.12. The fraction of sp³-hybridized carbons (Fsp3) is 0. The third-order valence-electron chi connectivity index (χ3n) is 11.5. The number of nitrogens with two attached hydrogens (primary N) is 1. The predicted octanol–water partition coefficient (Wildman–Crippen LogP) is 17.6. The number of hydrogen-bond donors (Lipinski definition) is 2. The highest BCUT2D eigenvalue weighted by Crippen LogP contribution is 2.36. The van der Waals surface area contributed by atoms with Gasteiger partial charge in [-0.25, -0.2) is 0 Å². The molecule has 12 rings (SSSR count). The van der Waals surface area contributed by atoms with E-state index in [1.54, 1.807) is 0 Å². The number of hydrogen-bond acceptors (Lipinski definition) is 4. The fourth-order valence-electron chi connectivity index (χ4n) is 8.20. The normalized spacial score (nSPS) is 10.9. The molecule has 0 saturated carbocycles. The number of furan rings is 2. The van der Waals surface area contributed by atoms with E-state index in [4.69, 9.17) is 14.6 Å². The van der Waals surface area contributed by atoms with Gasteiger partial charge in [0.05, 0.1) is 16.5 Å². The van der Waals surface area contributed by atoms with E-state index in [1.165, 1.54) is 44.5 Å². The molecule has 312 valence electrons. The standard InChI is InChI=1S/C30H21NO.C18H13Br.C12H9NO/c1-2-7-21(8-3-1)22-13-15-23(16-14-22)24-17-19-25(20-18-24)31-27-10-6-12-29-30(27)26-9-4-5-11-28(26)32-29;19-18-12-10-17(11-13-18)16-8-6-15(7-9-16)14-4-2-1-3-5-14;13-9-5-3-7-11-12(9)8-4-1-2-6-10(8)14-11/h1-20,31H;1-13H;1-7H,13H2. The Balaban J connectivity index is 0.000000127. The fourth-order valence-corrected chi connectivity index (χ4v) is 8.46. The van der Waals surface area contributed by atoms with E-state index in [-0.39, 0.29) is 0 Å². The van der Waals surface area contributed by atoms with Crippen LogP contribution < -0.4 is 11.1 Å². The van der Waals surface area contributed by atoms with Crippen LogP contribution in [-0.4, -0.2) is 0 Å². The summed E-state index contributed by atoms with van der Waals surface area (Å²) >= 11 is 3.46. The molecule has 2 aromatic heterocycles. The smallest absolute Gasteiger partial charge is 0.137 e. The lowest BCUT2D eigenvalue weighted by Crippen LogP contribution is -1.91. The van der Waals surface area contributed by atoms with Crippen molar-refractivity contribution in [1.29, 1.82) is 0 Å². The first-order valence-electron chi connectivity index (χ1n) is 21.5. The number of anilines is 3. The lowest BCUT2D eigenvalue weighted by molar-refractivity contribution is 0.668. The summed E-state index contributed by atoms with van der Waals surface area (Å²) in [5, 5.41) is 7.92. The quantitative estimate of drug-likeness (QED) is 0.163. The SMILES string of the molecule is Brc1ccc(-c2ccc(-c3ccccc3)cc2)cc1.Nc1cccc2oc3ccccc3c12.c1ccc(-c2ccc(-c3ccc(Nc4cccc5oc6ccccc6c45)cc3)cc2)cc1. The maximum Gasteiger partial charge on any atom is 0.137 e. The van der Waals surface area contributed by atoms with Crippen molar-refractivity contribution in [3.63, 3.8) is 0 Å². The first kappa shape index (κ1) is 40.9. The van der Waals surface area contributed by atoms with Crippen molar-refractivity contribution >= 4 is 76.9 Å². The highest BCUT2D eigenvalue weighted by molar-refractivity contribution is 9.10. The zero-order valence-corrected chi connectivity index (χ0v) is 37.0. The summed E-state index contributed by atoms with van der Waals surface area (Å²) in [4.78, 5) is 0. The van der Waals surface area contributed by atoms with Crippen LogP contribution >= 0.6 is 15.9 Å². The number of fused-ring (bicyclic) bond motifs is 6. The lowest BCUT2D eigenvalue weighted by atomic mass is 10.0. The van der Waals surface area contributed by atoms with Gasteiger partial charge in [0.1, 0.15) is 22.3 Å². The summed E-state index contributed by atoms with van der Waals surface area (Å²) in [7, 11) is 0. The molecule has 0 aliphatic carbocycles. The molecule has 3 N–H and O–H groups in total. The van der Waals surface area contributed by atoms with E-state index in [2.05, 4.69) is 179 Å². The predicted molar refractivity (Wildman–Crippen MR) is 277 cm³/mol. The Bertz CT molecular complexity index is 3490. The molecule has 0 bridgehead atoms. The monoisotopic (exact) mass is 902 g/mol. The van der Waals surface area contributed by atoms with Gasteiger partial charge < -0.3 is 19.9 Å². The zero-order chi connectivity index (χ0) is 44.0. The van der Waals surface area contributed by atoms with Crippen molar-refractivity contribution in [3.8, 4) is 44.5 Å². The molecule has 0 spiro atoms. The Morgan fingerprint density at radius 2 is 0.662 bits per heavy atom. The molecule has 4 nitrogen and oxygen atoms in total. The van der Waals surface area contributed by atoms with E-state index in [1.807, 2.05) is 84.9 Å². The van der Waals surface area contributed by atoms with Crippen molar-refractivity contribution in [2.24, 2.45) is 0 Å². The Morgan fingerprint density at radius 3 is 1.15 bits per heavy atom. The average Bonchev–Trinajstić information content (AvgIpc) is 3.96. The van der Waals surface area contributed by atoms with Crippen LogP contribution in [0, 0.1) is 0 Å². The molecule has 0 saturated heterocycles. The molecular weight excluding hydrogens is 861 g/mol. The number of halogens is 1. The van der Waals surface area contributed by atoms with Crippen LogP contribution in [0.15, 0.2) is 256 Å². The van der Waals surface area contributed by atoms with E-state index >= 15 is 0 Å². The molecule has 5 heteroatoms. The van der Waals surface area contributed by atoms with Crippen molar-refractivity contribution in [2.45, 2.75) is 0 Å². The van der Waals surface area contributed by atoms with Crippen LogP contribution in [-0.2, 0) is 0 Å². The largest absolute Gasteiger partial charge is 0.456 e. The third kappa shape index (κ3) is 9.05. The zero-order valence-electron chi connectivity index (χ0n) is 35.4. The molecule has 10 aromatic carbocycles. The summed E-state index contributed by atoms with van der Waals surface area (Å²) in [5.41, 5.74) is 22.2. The van der Waals surface area contributed by atoms with Crippen LogP contribution in [0.1, 0.15) is 0 Å². The summed E-state index contributed by atoms with van der Waals surface area (Å²) in [6, 6.07) is 83.3. The van der Waals surface area contributed by atoms with E-state index < -0.39 is 0 Å². The van der Waals surface area contributed by atoms with Crippen LogP contribution in [0.25, 0.3) is 88.4 Å². The molecule has 65 heavy (non-hydrogen) atoms. The van der Waals surface area contributed by atoms with Crippen LogP contribution in [0.5, 0.6) is 0 Å². The molecule has 12 aromatic rings. The van der Waals surface area contributed by atoms with E-state index in [0.29, 0.717) is 0 Å². The number of para-hydroxylation sites is 2. The maximum atomic E-state index is 6.01. The molecule has 2 heterocycles. The summed E-state index contributed by atoms with van der Waals surface area (Å²) in [6.45, 7) is 0. The highest BCUT2D eigenvalue weighted by Gasteiger charge is 2.11. The van der Waals surface area contributed by atoms with Crippen LogP contribution in [0.3, 0.4) is 0 Å². The van der Waals surface area contributed by atoms with Gasteiger partial charge >= 0.3 is 0 Å². The lowest BCUT2D eigenvalue weighted by Gasteiger charge is -2.10. The van der Waals surface area contributed by atoms with Crippen molar-refractivity contribution in [3.05, 3.63) is 247 Å². The third-order valence-corrected chi connectivity index (χ3v) is 12.0. The van der Waals surface area contributed by atoms with E-state index in [9.17, 15) is 0 Å². The van der Waals surface area contributed by atoms with Gasteiger partial charge in [-0.3, -0.25) is 0 Å². The second kappa shape index (κ2) is 18.7. The molecule has 0 fully saturated rings. The van der Waals surface area contributed by atoms with Gasteiger partial charge in [-0.05, 0) is 105 Å². The first-order chi connectivity index (χ1) is 32.0. The van der Waals surface area contributed by atoms with Gasteiger partial charge in [0, 0.05) is 26.6 Å². The van der Waals surface area contributed by atoms with Gasteiger partial charge in [-0.15, -0.1) is 0 Å². The Kier molecular flexibility index (Phi) is 11.8. The van der Waals surface area contributed by atoms with Crippen molar-refractivity contribution in [2.75, 3.05) is 11.1 Å². The molecule has 0 aliphatic rings. The first-order valence-corrected chi connectivity index (χ1v) is 22.3. The highest BCUT2D eigenvalue weighted by atomic mass is 79.9. The minimum atomic E-state index is 0.771. The second-order valence-corrected chi connectivity index (χ2v) is 16.6. The summed E-state index contributed by atoms with van der Waals surface area (Å²) < 4.78 is 12.8. The minimum Gasteiger partial charge on any atom is -0.456 e. The van der Waals surface area contributed by atoms with Gasteiger partial charge in [0.15, 0.2) is 0 Å². The maximum absolute atomic E-state index is 6.01. The van der Waals surface area contributed by atoms with Crippen molar-refractivity contribution in [1.82, 2.24) is 0 Å². The molecule has 0 unspecified atom stereocenters. The van der Waals surface area contributed by atoms with Gasteiger partial charge in [0.2, 0.25) is 0 Å². The second-order valence-electron chi connectivity index (χ2n) is 15.7. The Labute approximate surface area is 386 Å². The average molecular weight is 904 g/mol. The molecule has 0 aliphatic heterocycles. The van der Waals surface area contributed by atoms with Crippen LogP contribution in [0.4, 0.5) is 17.1 Å². The van der Waals surface area contributed by atoms with Crippen LogP contribution in [0.2, 0.25) is 0 Å². The van der Waals surface area contributed by atoms with Gasteiger partial charge in [0.25, 0.3) is 0 Å². The number of nitrogen functional groups attached to an aromatic ring is 1. The molecule has 0 atom stereocenters. The molecule has 0 radical (unpaired) electrons. The topological polar surface area (TPSA) is 64.3 Å².